The third kappa shape index (κ3) is 4.00. The average molecular weight is 293 g/mol. The van der Waals surface area contributed by atoms with Gasteiger partial charge in [0.15, 0.2) is 0 Å². The molecule has 1 fully saturated rings. The van der Waals surface area contributed by atoms with Crippen LogP contribution in [-0.4, -0.2) is 29.2 Å². The molecule has 1 aliphatic carbocycles. The van der Waals surface area contributed by atoms with Crippen molar-refractivity contribution in [3.05, 3.63) is 35.4 Å². The minimum Gasteiger partial charge on any atom is -0.387 e. The molecule has 1 saturated carbocycles. The molecular formula is C17H27NOS. The van der Waals surface area contributed by atoms with Crippen molar-refractivity contribution < 1.29 is 5.11 Å². The number of aliphatic hydroxyl groups is 1. The van der Waals surface area contributed by atoms with Gasteiger partial charge < -0.3 is 10.4 Å². The van der Waals surface area contributed by atoms with Gasteiger partial charge in [-0.25, -0.2) is 0 Å². The summed E-state index contributed by atoms with van der Waals surface area (Å²) in [5, 5.41) is 14.6. The smallest absolute Gasteiger partial charge is 0.0914 e. The van der Waals surface area contributed by atoms with Crippen LogP contribution in [0, 0.1) is 0 Å². The van der Waals surface area contributed by atoms with Crippen molar-refractivity contribution in [2.45, 2.75) is 56.4 Å². The third-order valence-electron chi connectivity index (χ3n) is 4.32. The first-order valence-corrected chi connectivity index (χ1v) is 8.94. The van der Waals surface area contributed by atoms with E-state index in [1.54, 1.807) is 0 Å². The molecule has 2 rings (SSSR count). The zero-order valence-electron chi connectivity index (χ0n) is 12.8. The number of aliphatic hydroxyl groups excluding tert-OH is 1. The Bertz CT molecular complexity index is 404. The van der Waals surface area contributed by atoms with E-state index >= 15 is 0 Å². The Morgan fingerprint density at radius 2 is 1.85 bits per heavy atom. The molecule has 0 aromatic heterocycles. The molecule has 0 bridgehead atoms. The Morgan fingerprint density at radius 3 is 2.45 bits per heavy atom. The molecule has 2 nitrogen and oxygen atoms in total. The van der Waals surface area contributed by atoms with Crippen molar-refractivity contribution in [1.29, 1.82) is 0 Å². The maximum absolute atomic E-state index is 10.3. The summed E-state index contributed by atoms with van der Waals surface area (Å²) in [6, 6.07) is 8.94. The summed E-state index contributed by atoms with van der Waals surface area (Å²) in [7, 11) is 0. The van der Waals surface area contributed by atoms with E-state index in [0.717, 1.165) is 5.56 Å². The van der Waals surface area contributed by atoms with Crippen LogP contribution >= 0.6 is 11.8 Å². The number of hydrogen-bond acceptors (Lipinski definition) is 3. The first-order chi connectivity index (χ1) is 9.61. The molecule has 2 N–H and O–H groups in total. The van der Waals surface area contributed by atoms with E-state index in [2.05, 4.69) is 49.7 Å². The van der Waals surface area contributed by atoms with E-state index in [1.165, 1.54) is 24.8 Å². The lowest BCUT2D eigenvalue weighted by atomic mass is 10.00. The number of benzene rings is 1. The second-order valence-electron chi connectivity index (χ2n) is 6.06. The fraction of sp³-hybridized carbons (Fsp3) is 0.647. The second-order valence-corrected chi connectivity index (χ2v) is 7.13. The zero-order valence-corrected chi connectivity index (χ0v) is 13.6. The minimum absolute atomic E-state index is 0.403. The zero-order chi connectivity index (χ0) is 14.5. The molecule has 3 unspecified atom stereocenters. The lowest BCUT2D eigenvalue weighted by Gasteiger charge is -2.21. The lowest BCUT2D eigenvalue weighted by Crippen LogP contribution is -2.36. The monoisotopic (exact) mass is 293 g/mol. The predicted octanol–water partition coefficient (Wildman–Crippen LogP) is 3.72. The fourth-order valence-corrected chi connectivity index (χ4v) is 3.89. The van der Waals surface area contributed by atoms with Gasteiger partial charge in [0.2, 0.25) is 0 Å². The van der Waals surface area contributed by atoms with Gasteiger partial charge >= 0.3 is 0 Å². The normalized spacial score (nSPS) is 24.2. The third-order valence-corrected chi connectivity index (χ3v) is 5.49. The Morgan fingerprint density at radius 1 is 1.20 bits per heavy atom. The summed E-state index contributed by atoms with van der Waals surface area (Å²) in [6.07, 6.45) is 5.63. The van der Waals surface area contributed by atoms with Crippen LogP contribution in [0.3, 0.4) is 0 Å². The number of hydrogen-bond donors (Lipinski definition) is 2. The largest absolute Gasteiger partial charge is 0.387 e. The molecule has 1 aliphatic rings. The maximum atomic E-state index is 10.3. The molecule has 0 radical (unpaired) electrons. The molecule has 0 saturated heterocycles. The van der Waals surface area contributed by atoms with Crippen molar-refractivity contribution in [1.82, 2.24) is 5.32 Å². The van der Waals surface area contributed by atoms with E-state index in [9.17, 15) is 5.11 Å². The van der Waals surface area contributed by atoms with Crippen LogP contribution in [0.4, 0.5) is 0 Å². The van der Waals surface area contributed by atoms with Crippen molar-refractivity contribution in [3.8, 4) is 0 Å². The van der Waals surface area contributed by atoms with Gasteiger partial charge in [0.05, 0.1) is 6.10 Å². The highest BCUT2D eigenvalue weighted by Crippen LogP contribution is 2.28. The second kappa shape index (κ2) is 7.48. The predicted molar refractivity (Wildman–Crippen MR) is 88.4 cm³/mol. The molecular weight excluding hydrogens is 266 g/mol. The van der Waals surface area contributed by atoms with Crippen LogP contribution in [0.25, 0.3) is 0 Å². The first-order valence-electron chi connectivity index (χ1n) is 7.66. The molecule has 112 valence electrons. The van der Waals surface area contributed by atoms with E-state index < -0.39 is 6.10 Å². The summed E-state index contributed by atoms with van der Waals surface area (Å²) in [5.74, 6) is 0.542. The van der Waals surface area contributed by atoms with Gasteiger partial charge in [-0.3, -0.25) is 0 Å². The first kappa shape index (κ1) is 15.9. The van der Waals surface area contributed by atoms with Gasteiger partial charge in [0.1, 0.15) is 0 Å². The summed E-state index contributed by atoms with van der Waals surface area (Å²) >= 11 is 1.95. The molecule has 1 aromatic rings. The summed E-state index contributed by atoms with van der Waals surface area (Å²) < 4.78 is 0. The number of rotatable bonds is 6. The summed E-state index contributed by atoms with van der Waals surface area (Å²) in [6.45, 7) is 5.04. The van der Waals surface area contributed by atoms with Crippen molar-refractivity contribution in [2.75, 3.05) is 12.8 Å². The Labute approximate surface area is 127 Å². The highest BCUT2D eigenvalue weighted by atomic mass is 32.2. The topological polar surface area (TPSA) is 32.3 Å². The minimum atomic E-state index is -0.403. The Hall–Kier alpha value is -0.510. The number of thioether (sulfide) groups is 1. The molecule has 0 amide bonds. The SMILES string of the molecule is CSC1CCCC1NCC(O)c1ccc(C(C)C)cc1. The average Bonchev–Trinajstić information content (AvgIpc) is 2.92. The Kier molecular flexibility index (Phi) is 5.94. The number of nitrogens with one attached hydrogen (secondary N) is 1. The van der Waals surface area contributed by atoms with Crippen LogP contribution in [0.2, 0.25) is 0 Å². The van der Waals surface area contributed by atoms with Gasteiger partial charge in [0.25, 0.3) is 0 Å². The molecule has 3 heteroatoms. The quantitative estimate of drug-likeness (QED) is 0.838. The molecule has 1 aromatic carbocycles. The van der Waals surface area contributed by atoms with Crippen LogP contribution < -0.4 is 5.32 Å². The van der Waals surface area contributed by atoms with Crippen molar-refractivity contribution >= 4 is 11.8 Å². The molecule has 3 atom stereocenters. The molecule has 0 spiro atoms. The van der Waals surface area contributed by atoms with Gasteiger partial charge in [0, 0.05) is 17.8 Å². The van der Waals surface area contributed by atoms with Crippen LogP contribution in [0.5, 0.6) is 0 Å². The standard InChI is InChI=1S/C17H27NOS/c1-12(2)13-7-9-14(10-8-13)16(19)11-18-15-5-4-6-17(15)20-3/h7-10,12,15-19H,4-6,11H2,1-3H3. The summed E-state index contributed by atoms with van der Waals surface area (Å²) in [4.78, 5) is 0. The summed E-state index contributed by atoms with van der Waals surface area (Å²) in [5.41, 5.74) is 2.34. The van der Waals surface area contributed by atoms with E-state index in [0.29, 0.717) is 23.8 Å². The van der Waals surface area contributed by atoms with Crippen LogP contribution in [0.15, 0.2) is 24.3 Å². The van der Waals surface area contributed by atoms with Gasteiger partial charge in [-0.05, 0) is 36.1 Å². The van der Waals surface area contributed by atoms with Crippen molar-refractivity contribution in [3.63, 3.8) is 0 Å². The van der Waals surface area contributed by atoms with Gasteiger partial charge in [-0.2, -0.15) is 11.8 Å². The molecule has 20 heavy (non-hydrogen) atoms. The highest BCUT2D eigenvalue weighted by Gasteiger charge is 2.26. The van der Waals surface area contributed by atoms with Crippen LogP contribution in [0.1, 0.15) is 56.3 Å². The van der Waals surface area contributed by atoms with E-state index in [-0.39, 0.29) is 0 Å². The lowest BCUT2D eigenvalue weighted by molar-refractivity contribution is 0.170. The maximum Gasteiger partial charge on any atom is 0.0914 e. The van der Waals surface area contributed by atoms with Crippen molar-refractivity contribution in [2.24, 2.45) is 0 Å². The van der Waals surface area contributed by atoms with Gasteiger partial charge in [-0.15, -0.1) is 0 Å². The molecule has 0 aliphatic heterocycles. The highest BCUT2D eigenvalue weighted by molar-refractivity contribution is 7.99. The fourth-order valence-electron chi connectivity index (χ4n) is 2.93. The van der Waals surface area contributed by atoms with E-state index in [4.69, 9.17) is 0 Å². The van der Waals surface area contributed by atoms with E-state index in [1.807, 2.05) is 11.8 Å². The molecule has 0 heterocycles. The van der Waals surface area contributed by atoms with Crippen LogP contribution in [-0.2, 0) is 0 Å². The van der Waals surface area contributed by atoms with Gasteiger partial charge in [-0.1, -0.05) is 44.5 Å². The Balaban J connectivity index is 1.86.